The van der Waals surface area contributed by atoms with E-state index >= 15 is 0 Å². The number of benzene rings is 1. The number of alkyl halides is 1. The van der Waals surface area contributed by atoms with Gasteiger partial charge in [0.1, 0.15) is 11.6 Å². The molecule has 0 saturated carbocycles. The maximum Gasteiger partial charge on any atom is 0.248 e. The van der Waals surface area contributed by atoms with Crippen LogP contribution < -0.4 is 0 Å². The predicted molar refractivity (Wildman–Crippen MR) is 174 cm³/mol. The highest BCUT2D eigenvalue weighted by Crippen LogP contribution is 2.61. The van der Waals surface area contributed by atoms with E-state index in [1.54, 1.807) is 26.9 Å². The van der Waals surface area contributed by atoms with Crippen LogP contribution >= 0.6 is 15.9 Å². The highest BCUT2D eigenvalue weighted by Gasteiger charge is 2.77. The highest BCUT2D eigenvalue weighted by molar-refractivity contribution is 9.09. The first-order chi connectivity index (χ1) is 21.7. The minimum absolute atomic E-state index is 0.132. The zero-order valence-electron chi connectivity index (χ0n) is 26.4. The molecule has 1 spiro atoms. The molecule has 5 rings (SSSR count). The molecule has 11 heteroatoms. The number of carbonyl (C=O) groups is 3. The summed E-state index contributed by atoms with van der Waals surface area (Å²) in [7, 11) is 0. The Morgan fingerprint density at radius 2 is 1.78 bits per heavy atom. The van der Waals surface area contributed by atoms with Crippen LogP contribution in [0.5, 0.6) is 0 Å². The van der Waals surface area contributed by atoms with E-state index in [1.165, 1.54) is 0 Å². The normalized spacial score (nSPS) is 29.9. The molecule has 45 heavy (non-hydrogen) atoms. The summed E-state index contributed by atoms with van der Waals surface area (Å²) in [5, 5.41) is 10.6. The van der Waals surface area contributed by atoms with Crippen molar-refractivity contribution in [1.29, 1.82) is 0 Å². The van der Waals surface area contributed by atoms with Gasteiger partial charge in [-0.1, -0.05) is 72.3 Å². The Labute approximate surface area is 275 Å². The highest BCUT2D eigenvalue weighted by atomic mass is 79.9. The fourth-order valence-electron chi connectivity index (χ4n) is 7.72. The molecule has 3 unspecified atom stereocenters. The van der Waals surface area contributed by atoms with E-state index < -0.39 is 35.6 Å². The summed E-state index contributed by atoms with van der Waals surface area (Å²) in [6.07, 6.45) is 3.22. The van der Waals surface area contributed by atoms with Crippen molar-refractivity contribution in [2.24, 2.45) is 17.8 Å². The molecular formula is C34H47BrN4O6. The maximum atomic E-state index is 14.7. The van der Waals surface area contributed by atoms with Crippen molar-refractivity contribution >= 4 is 33.7 Å². The van der Waals surface area contributed by atoms with Gasteiger partial charge in [-0.15, -0.1) is 13.2 Å². The molecular weight excluding hydrogens is 640 g/mol. The number of carbonyl (C=O) groups excluding carboxylic acids is 3. The van der Waals surface area contributed by atoms with Gasteiger partial charge >= 0.3 is 0 Å². The molecule has 1 N–H and O–H groups in total. The van der Waals surface area contributed by atoms with Crippen LogP contribution in [0.1, 0.15) is 25.8 Å². The SMILES string of the molecule is C=CCN(CCN1CCOCC1)C(=O)C1N([C@@H](CO)C(C)C)C(=O)[C@@H]2[C@@H](C(=O)N(CC=C)Cc3ccccc3)[C@@H]3OC12CC3Br. The molecule has 1 aromatic rings. The molecule has 246 valence electrons. The molecule has 3 amide bonds. The van der Waals surface area contributed by atoms with Crippen LogP contribution in [0.4, 0.5) is 0 Å². The van der Waals surface area contributed by atoms with E-state index in [1.807, 2.05) is 44.2 Å². The number of amides is 3. The summed E-state index contributed by atoms with van der Waals surface area (Å²) in [5.74, 6) is -2.50. The third-order valence-corrected chi connectivity index (χ3v) is 10.7. The Morgan fingerprint density at radius 1 is 1.11 bits per heavy atom. The quantitative estimate of drug-likeness (QED) is 0.237. The third-order valence-electron chi connectivity index (χ3n) is 9.89. The van der Waals surface area contributed by atoms with Gasteiger partial charge in [-0.2, -0.15) is 0 Å². The number of hydrogen-bond acceptors (Lipinski definition) is 7. The van der Waals surface area contributed by atoms with Crippen LogP contribution in [0.3, 0.4) is 0 Å². The largest absolute Gasteiger partial charge is 0.394 e. The monoisotopic (exact) mass is 686 g/mol. The third kappa shape index (κ3) is 6.39. The van der Waals surface area contributed by atoms with Gasteiger partial charge in [-0.3, -0.25) is 19.3 Å². The van der Waals surface area contributed by atoms with Gasteiger partial charge < -0.3 is 29.3 Å². The van der Waals surface area contributed by atoms with E-state index in [0.717, 1.165) is 18.7 Å². The van der Waals surface area contributed by atoms with Crippen LogP contribution in [0, 0.1) is 17.8 Å². The molecule has 0 radical (unpaired) electrons. The number of nitrogens with zero attached hydrogens (tertiary/aromatic N) is 4. The van der Waals surface area contributed by atoms with Crippen molar-refractivity contribution < 1.29 is 29.0 Å². The van der Waals surface area contributed by atoms with Crippen LogP contribution in [0.25, 0.3) is 0 Å². The lowest BCUT2D eigenvalue weighted by Crippen LogP contribution is -2.60. The van der Waals surface area contributed by atoms with Gasteiger partial charge in [0, 0.05) is 50.6 Å². The standard InChI is InChI=1S/C34H47BrN4O6/c1-5-12-37(15-14-36-16-18-44-19-17-36)33(43)30-34-20-25(35)29(45-34)27(28(34)32(42)39(30)26(22-40)23(3)4)31(41)38(13-6-2)21-24-10-8-7-9-11-24/h5-11,23,25-30,40H,1-2,12-22H2,3-4H3/t25?,26-,27+,28-,29+,30?,34?/m0/s1. The van der Waals surface area contributed by atoms with Crippen molar-refractivity contribution in [3.8, 4) is 0 Å². The van der Waals surface area contributed by atoms with Gasteiger partial charge in [0.15, 0.2) is 0 Å². The van der Waals surface area contributed by atoms with Gasteiger partial charge in [0.25, 0.3) is 0 Å². The molecule has 4 aliphatic heterocycles. The van der Waals surface area contributed by atoms with Gasteiger partial charge in [-0.25, -0.2) is 0 Å². The minimum Gasteiger partial charge on any atom is -0.394 e. The fourth-order valence-corrected chi connectivity index (χ4v) is 8.66. The average molecular weight is 688 g/mol. The second-order valence-corrected chi connectivity index (χ2v) is 14.1. The first-order valence-corrected chi connectivity index (χ1v) is 17.0. The molecule has 4 fully saturated rings. The molecule has 4 saturated heterocycles. The first kappa shape index (κ1) is 33.8. The van der Waals surface area contributed by atoms with Crippen LogP contribution in [0.2, 0.25) is 0 Å². The van der Waals surface area contributed by atoms with Gasteiger partial charge in [-0.05, 0) is 17.9 Å². The smallest absolute Gasteiger partial charge is 0.248 e. The number of likely N-dealkylation sites (tertiary alicyclic amines) is 1. The molecule has 10 nitrogen and oxygen atoms in total. The average Bonchev–Trinajstić information content (AvgIpc) is 3.63. The number of aliphatic hydroxyl groups is 1. The molecule has 4 heterocycles. The molecule has 1 aromatic carbocycles. The minimum atomic E-state index is -1.21. The van der Waals surface area contributed by atoms with Crippen molar-refractivity contribution in [3.63, 3.8) is 0 Å². The summed E-state index contributed by atoms with van der Waals surface area (Å²) < 4.78 is 12.3. The van der Waals surface area contributed by atoms with Crippen LogP contribution in [-0.4, -0.2) is 130 Å². The van der Waals surface area contributed by atoms with Gasteiger partial charge in [0.05, 0.1) is 43.8 Å². The number of rotatable bonds is 14. The number of morpholine rings is 1. The molecule has 7 atom stereocenters. The lowest BCUT2D eigenvalue weighted by molar-refractivity contribution is -0.153. The number of fused-ring (bicyclic) bond motifs is 1. The lowest BCUT2D eigenvalue weighted by Gasteiger charge is -2.41. The second-order valence-electron chi connectivity index (χ2n) is 12.9. The Balaban J connectivity index is 1.51. The zero-order valence-corrected chi connectivity index (χ0v) is 28.0. The predicted octanol–water partition coefficient (Wildman–Crippen LogP) is 2.31. The Bertz CT molecular complexity index is 1240. The Morgan fingerprint density at radius 3 is 2.40 bits per heavy atom. The van der Waals surface area contributed by atoms with E-state index in [2.05, 4.69) is 34.0 Å². The Kier molecular flexibility index (Phi) is 10.9. The van der Waals surface area contributed by atoms with E-state index in [9.17, 15) is 19.5 Å². The van der Waals surface area contributed by atoms with Crippen LogP contribution in [-0.2, 0) is 30.4 Å². The topological polar surface area (TPSA) is 103 Å². The Hall–Kier alpha value is -2.57. The van der Waals surface area contributed by atoms with Crippen molar-refractivity contribution in [3.05, 3.63) is 61.2 Å². The number of halogens is 1. The molecule has 0 aliphatic carbocycles. The van der Waals surface area contributed by atoms with Crippen molar-refractivity contribution in [2.45, 2.75) is 55.4 Å². The van der Waals surface area contributed by atoms with Crippen molar-refractivity contribution in [1.82, 2.24) is 19.6 Å². The lowest BCUT2D eigenvalue weighted by atomic mass is 9.70. The van der Waals surface area contributed by atoms with E-state index in [0.29, 0.717) is 52.4 Å². The summed E-state index contributed by atoms with van der Waals surface area (Å²) in [6.45, 7) is 16.3. The summed E-state index contributed by atoms with van der Waals surface area (Å²) in [4.78, 5) is 50.9. The van der Waals surface area contributed by atoms with Crippen LogP contribution in [0.15, 0.2) is 55.6 Å². The molecule has 4 aliphatic rings. The van der Waals surface area contributed by atoms with Crippen molar-refractivity contribution in [2.75, 3.05) is 59.1 Å². The summed E-state index contributed by atoms with van der Waals surface area (Å²) in [6, 6.07) is 8.12. The van der Waals surface area contributed by atoms with E-state index in [4.69, 9.17) is 9.47 Å². The molecule has 0 aromatic heterocycles. The molecule has 2 bridgehead atoms. The summed E-state index contributed by atoms with van der Waals surface area (Å²) in [5.41, 5.74) is -0.240. The van der Waals surface area contributed by atoms with Gasteiger partial charge in [0.2, 0.25) is 17.7 Å². The summed E-state index contributed by atoms with van der Waals surface area (Å²) >= 11 is 3.79. The number of hydrogen-bond donors (Lipinski definition) is 1. The number of aliphatic hydroxyl groups excluding tert-OH is 1. The van der Waals surface area contributed by atoms with E-state index in [-0.39, 0.29) is 35.1 Å². The fraction of sp³-hybridized carbons (Fsp3) is 0.618. The second kappa shape index (κ2) is 14.5. The maximum absolute atomic E-state index is 14.7. The zero-order chi connectivity index (χ0) is 32.3. The first-order valence-electron chi connectivity index (χ1n) is 16.1. The number of ether oxygens (including phenoxy) is 2.